The van der Waals surface area contributed by atoms with Crippen LogP contribution in [0.2, 0.25) is 0 Å². The molecule has 4 rings (SSSR count). The standard InChI is InChI=1S/C28H30BrFN2O3/c1-28(2,3)35-27(33)32(17-19-10-6-4-7-11-19)21-14-15-23-22(16-21)25(30)24(29)26(31-23)34-18-20-12-8-5-9-13-20/h4-13,21H,14-18H2,1-3H3. The van der Waals surface area contributed by atoms with Gasteiger partial charge in [-0.3, -0.25) is 0 Å². The predicted molar refractivity (Wildman–Crippen MR) is 137 cm³/mol. The molecule has 1 atom stereocenters. The Kier molecular flexibility index (Phi) is 7.75. The number of hydrogen-bond donors (Lipinski definition) is 0. The molecule has 1 unspecified atom stereocenters. The number of amides is 1. The van der Waals surface area contributed by atoms with Gasteiger partial charge in [-0.25, -0.2) is 14.2 Å². The number of nitrogens with zero attached hydrogens (tertiary/aromatic N) is 2. The minimum Gasteiger partial charge on any atom is -0.472 e. The number of carbonyl (C=O) groups excluding carboxylic acids is 1. The van der Waals surface area contributed by atoms with Crippen molar-refractivity contribution in [3.8, 4) is 5.88 Å². The molecule has 2 aromatic carbocycles. The van der Waals surface area contributed by atoms with Crippen molar-refractivity contribution in [1.29, 1.82) is 0 Å². The average Bonchev–Trinajstić information content (AvgIpc) is 2.84. The first-order chi connectivity index (χ1) is 16.7. The highest BCUT2D eigenvalue weighted by Crippen LogP contribution is 2.35. The Hall–Kier alpha value is -2.93. The van der Waals surface area contributed by atoms with Crippen LogP contribution in [0.1, 0.15) is 49.6 Å². The summed E-state index contributed by atoms with van der Waals surface area (Å²) < 4.78 is 27.3. The zero-order chi connectivity index (χ0) is 25.0. The lowest BCUT2D eigenvalue weighted by atomic mass is 9.90. The quantitative estimate of drug-likeness (QED) is 0.342. The van der Waals surface area contributed by atoms with Crippen LogP contribution < -0.4 is 4.74 Å². The number of carbonyl (C=O) groups is 1. The molecule has 1 amide bonds. The third-order valence-corrected chi connectivity index (χ3v) is 6.55. The van der Waals surface area contributed by atoms with Crippen LogP contribution in [0.5, 0.6) is 5.88 Å². The van der Waals surface area contributed by atoms with Crippen LogP contribution in [-0.2, 0) is 30.7 Å². The van der Waals surface area contributed by atoms with E-state index in [0.717, 1.165) is 11.1 Å². The van der Waals surface area contributed by atoms with Crippen LogP contribution in [0.3, 0.4) is 0 Å². The van der Waals surface area contributed by atoms with Gasteiger partial charge >= 0.3 is 6.09 Å². The third-order valence-electron chi connectivity index (χ3n) is 5.87. The summed E-state index contributed by atoms with van der Waals surface area (Å²) in [5, 5.41) is 0. The van der Waals surface area contributed by atoms with Gasteiger partial charge in [0, 0.05) is 18.2 Å². The molecule has 0 spiro atoms. The zero-order valence-corrected chi connectivity index (χ0v) is 21.8. The van der Waals surface area contributed by atoms with E-state index in [1.54, 1.807) is 4.90 Å². The Morgan fingerprint density at radius 3 is 2.34 bits per heavy atom. The Labute approximate surface area is 214 Å². The van der Waals surface area contributed by atoms with Gasteiger partial charge in [-0.15, -0.1) is 0 Å². The molecule has 5 nitrogen and oxygen atoms in total. The highest BCUT2D eigenvalue weighted by atomic mass is 79.9. The molecule has 0 aliphatic heterocycles. The lowest BCUT2D eigenvalue weighted by Crippen LogP contribution is -2.45. The number of aryl methyl sites for hydroxylation is 1. The maximum atomic E-state index is 15.5. The van der Waals surface area contributed by atoms with Gasteiger partial charge < -0.3 is 14.4 Å². The second-order valence-corrected chi connectivity index (χ2v) is 10.5. The van der Waals surface area contributed by atoms with Crippen LogP contribution in [0, 0.1) is 5.82 Å². The molecule has 0 bridgehead atoms. The van der Waals surface area contributed by atoms with Crippen molar-refractivity contribution >= 4 is 22.0 Å². The van der Waals surface area contributed by atoms with Crippen molar-refractivity contribution < 1.29 is 18.7 Å². The van der Waals surface area contributed by atoms with E-state index in [1.807, 2.05) is 81.4 Å². The number of pyridine rings is 1. The fourth-order valence-electron chi connectivity index (χ4n) is 4.18. The van der Waals surface area contributed by atoms with Crippen molar-refractivity contribution in [2.45, 2.75) is 64.8 Å². The minimum absolute atomic E-state index is 0.208. The molecular weight excluding hydrogens is 511 g/mol. The third kappa shape index (κ3) is 6.40. The van der Waals surface area contributed by atoms with Gasteiger partial charge in [0.1, 0.15) is 22.5 Å². The van der Waals surface area contributed by atoms with Crippen molar-refractivity contribution in [3.05, 3.63) is 93.3 Å². The van der Waals surface area contributed by atoms with Crippen LogP contribution in [0.15, 0.2) is 65.1 Å². The Bertz CT molecular complexity index is 1170. The largest absolute Gasteiger partial charge is 0.472 e. The van der Waals surface area contributed by atoms with Crippen molar-refractivity contribution in [2.24, 2.45) is 0 Å². The molecule has 0 saturated carbocycles. The van der Waals surface area contributed by atoms with E-state index in [4.69, 9.17) is 9.47 Å². The van der Waals surface area contributed by atoms with Crippen LogP contribution >= 0.6 is 15.9 Å². The molecule has 0 saturated heterocycles. The number of halogens is 2. The summed E-state index contributed by atoms with van der Waals surface area (Å²) in [7, 11) is 0. The Morgan fingerprint density at radius 1 is 1.09 bits per heavy atom. The first-order valence-electron chi connectivity index (χ1n) is 11.8. The van der Waals surface area contributed by atoms with Gasteiger partial charge in [0.15, 0.2) is 0 Å². The van der Waals surface area contributed by atoms with Crippen molar-refractivity contribution in [2.75, 3.05) is 0 Å². The molecular formula is C28H30BrFN2O3. The van der Waals surface area contributed by atoms with Gasteiger partial charge in [0.25, 0.3) is 0 Å². The van der Waals surface area contributed by atoms with E-state index in [9.17, 15) is 4.79 Å². The summed E-state index contributed by atoms with van der Waals surface area (Å²) >= 11 is 3.34. The smallest absolute Gasteiger partial charge is 0.410 e. The second kappa shape index (κ2) is 10.8. The van der Waals surface area contributed by atoms with Crippen LogP contribution in [-0.4, -0.2) is 27.6 Å². The number of benzene rings is 2. The molecule has 7 heteroatoms. The van der Waals surface area contributed by atoms with Crippen molar-refractivity contribution in [3.63, 3.8) is 0 Å². The Balaban J connectivity index is 1.56. The lowest BCUT2D eigenvalue weighted by molar-refractivity contribution is 0.0122. The molecule has 1 aliphatic carbocycles. The van der Waals surface area contributed by atoms with E-state index >= 15 is 4.39 Å². The second-order valence-electron chi connectivity index (χ2n) is 9.73. The molecule has 1 heterocycles. The highest BCUT2D eigenvalue weighted by Gasteiger charge is 2.34. The lowest BCUT2D eigenvalue weighted by Gasteiger charge is -2.36. The van der Waals surface area contributed by atoms with Gasteiger partial charge in [0.2, 0.25) is 5.88 Å². The SMILES string of the molecule is CC(C)(C)OC(=O)N(Cc1ccccc1)C1CCc2nc(OCc3ccccc3)c(Br)c(F)c2C1. The normalized spacial score (nSPS) is 15.3. The van der Waals surface area contributed by atoms with Gasteiger partial charge in [-0.05, 0) is 67.1 Å². The maximum Gasteiger partial charge on any atom is 0.410 e. The zero-order valence-electron chi connectivity index (χ0n) is 20.3. The van der Waals surface area contributed by atoms with Crippen molar-refractivity contribution in [1.82, 2.24) is 9.88 Å². The number of rotatable bonds is 6. The number of fused-ring (bicyclic) bond motifs is 1. The minimum atomic E-state index is -0.626. The number of aromatic nitrogens is 1. The van der Waals surface area contributed by atoms with E-state index in [-0.39, 0.29) is 22.2 Å². The summed E-state index contributed by atoms with van der Waals surface area (Å²) in [5.74, 6) is -0.136. The van der Waals surface area contributed by atoms with Crippen LogP contribution in [0.25, 0.3) is 0 Å². The van der Waals surface area contributed by atoms with Gasteiger partial charge in [0.05, 0.1) is 5.69 Å². The van der Waals surface area contributed by atoms with E-state index in [2.05, 4.69) is 20.9 Å². The summed E-state index contributed by atoms with van der Waals surface area (Å²) in [5.41, 5.74) is 2.54. The molecule has 3 aromatic rings. The first kappa shape index (κ1) is 25.2. The first-order valence-corrected chi connectivity index (χ1v) is 12.6. The number of hydrogen-bond acceptors (Lipinski definition) is 4. The Morgan fingerprint density at radius 2 is 1.71 bits per heavy atom. The molecule has 1 aliphatic rings. The van der Waals surface area contributed by atoms with Crippen LogP contribution in [0.4, 0.5) is 9.18 Å². The van der Waals surface area contributed by atoms with Gasteiger partial charge in [-0.2, -0.15) is 0 Å². The summed E-state index contributed by atoms with van der Waals surface area (Å²) in [4.78, 5) is 19.5. The van der Waals surface area contributed by atoms with Gasteiger partial charge in [-0.1, -0.05) is 60.7 Å². The molecule has 0 N–H and O–H groups in total. The molecule has 184 valence electrons. The average molecular weight is 541 g/mol. The molecule has 0 fully saturated rings. The summed E-state index contributed by atoms with van der Waals surface area (Å²) in [6.07, 6.45) is 1.16. The topological polar surface area (TPSA) is 51.7 Å². The fraction of sp³-hybridized carbons (Fsp3) is 0.357. The predicted octanol–water partition coefficient (Wildman–Crippen LogP) is 6.86. The molecule has 35 heavy (non-hydrogen) atoms. The maximum absolute atomic E-state index is 15.5. The molecule has 1 aromatic heterocycles. The van der Waals surface area contributed by atoms with E-state index < -0.39 is 11.7 Å². The summed E-state index contributed by atoms with van der Waals surface area (Å²) in [6.45, 7) is 6.24. The number of ether oxygens (including phenoxy) is 2. The molecule has 0 radical (unpaired) electrons. The highest BCUT2D eigenvalue weighted by molar-refractivity contribution is 9.10. The van der Waals surface area contributed by atoms with E-state index in [1.165, 1.54) is 0 Å². The fourth-order valence-corrected chi connectivity index (χ4v) is 4.62. The van der Waals surface area contributed by atoms with E-state index in [0.29, 0.717) is 43.7 Å². The monoisotopic (exact) mass is 540 g/mol. The summed E-state index contributed by atoms with van der Waals surface area (Å²) in [6, 6.07) is 19.3.